The highest BCUT2D eigenvalue weighted by atomic mass is 19.3. The fraction of sp³-hybridized carbons (Fsp3) is 0.588. The number of nitrogens with one attached hydrogen (secondary N) is 2. The van der Waals surface area contributed by atoms with Crippen LogP contribution in [-0.2, 0) is 4.79 Å². The Morgan fingerprint density at radius 3 is 2.61 bits per heavy atom. The number of nitrogens with zero attached hydrogens (tertiary/aromatic N) is 1. The average molecular weight is 323 g/mol. The molecular weight excluding hydrogens is 300 g/mol. The summed E-state index contributed by atoms with van der Waals surface area (Å²) in [5, 5.41) is 5.34. The van der Waals surface area contributed by atoms with Crippen molar-refractivity contribution in [1.82, 2.24) is 5.32 Å². The lowest BCUT2D eigenvalue weighted by Gasteiger charge is -2.23. The molecule has 3 rings (SSSR count). The van der Waals surface area contributed by atoms with Crippen LogP contribution in [0.3, 0.4) is 0 Å². The summed E-state index contributed by atoms with van der Waals surface area (Å²) in [5.41, 5.74) is 1.74. The third-order valence-electron chi connectivity index (χ3n) is 4.51. The van der Waals surface area contributed by atoms with Crippen molar-refractivity contribution in [3.05, 3.63) is 24.3 Å². The third-order valence-corrected chi connectivity index (χ3v) is 4.51. The van der Waals surface area contributed by atoms with Crippen molar-refractivity contribution in [2.24, 2.45) is 0 Å². The maximum Gasteiger partial charge on any atom is 0.262 e. The van der Waals surface area contributed by atoms with Crippen LogP contribution < -0.4 is 15.5 Å². The SMILES string of the molecule is O=C(Nc1cccc(N2CCCCCC2)c1)C1CC(F)(F)CN1. The molecule has 0 bridgehead atoms. The van der Waals surface area contributed by atoms with Gasteiger partial charge in [-0.3, -0.25) is 10.1 Å². The second-order valence-electron chi connectivity index (χ2n) is 6.43. The van der Waals surface area contributed by atoms with E-state index < -0.39 is 30.8 Å². The zero-order valence-corrected chi connectivity index (χ0v) is 13.2. The third kappa shape index (κ3) is 4.19. The normalized spacial score (nSPS) is 24.3. The van der Waals surface area contributed by atoms with Gasteiger partial charge < -0.3 is 10.2 Å². The Kier molecular flexibility index (Phi) is 4.80. The van der Waals surface area contributed by atoms with E-state index in [1.54, 1.807) is 6.07 Å². The van der Waals surface area contributed by atoms with E-state index in [1.165, 1.54) is 25.7 Å². The molecule has 4 nitrogen and oxygen atoms in total. The molecule has 2 aliphatic rings. The molecule has 1 amide bonds. The second kappa shape index (κ2) is 6.83. The molecule has 1 atom stereocenters. The van der Waals surface area contributed by atoms with Crippen LogP contribution >= 0.6 is 0 Å². The number of amides is 1. The van der Waals surface area contributed by atoms with Gasteiger partial charge in [0.1, 0.15) is 0 Å². The zero-order chi connectivity index (χ0) is 16.3. The molecule has 0 aromatic heterocycles. The largest absolute Gasteiger partial charge is 0.371 e. The quantitative estimate of drug-likeness (QED) is 0.899. The predicted octanol–water partition coefficient (Wildman–Crippen LogP) is 3.00. The summed E-state index contributed by atoms with van der Waals surface area (Å²) < 4.78 is 26.4. The van der Waals surface area contributed by atoms with Crippen LogP contribution in [0.5, 0.6) is 0 Å². The zero-order valence-electron chi connectivity index (χ0n) is 13.2. The molecule has 0 saturated carbocycles. The molecule has 1 aromatic carbocycles. The Hall–Kier alpha value is -1.69. The van der Waals surface area contributed by atoms with Crippen molar-refractivity contribution in [1.29, 1.82) is 0 Å². The van der Waals surface area contributed by atoms with Gasteiger partial charge in [-0.1, -0.05) is 18.9 Å². The smallest absolute Gasteiger partial charge is 0.262 e. The molecule has 23 heavy (non-hydrogen) atoms. The Morgan fingerprint density at radius 2 is 1.96 bits per heavy atom. The molecule has 2 saturated heterocycles. The van der Waals surface area contributed by atoms with E-state index in [2.05, 4.69) is 15.5 Å². The van der Waals surface area contributed by atoms with Crippen molar-refractivity contribution >= 4 is 17.3 Å². The molecule has 2 fully saturated rings. The van der Waals surface area contributed by atoms with Gasteiger partial charge in [0.25, 0.3) is 5.92 Å². The van der Waals surface area contributed by atoms with Crippen LogP contribution in [0.15, 0.2) is 24.3 Å². The molecule has 2 aliphatic heterocycles. The molecule has 1 unspecified atom stereocenters. The van der Waals surface area contributed by atoms with Crippen LogP contribution in [-0.4, -0.2) is 37.5 Å². The number of hydrogen-bond acceptors (Lipinski definition) is 3. The standard InChI is InChI=1S/C17H23F2N3O/c18-17(19)11-15(20-12-17)16(23)21-13-6-5-7-14(10-13)22-8-3-1-2-4-9-22/h5-7,10,15,20H,1-4,8-9,11-12H2,(H,21,23). The van der Waals surface area contributed by atoms with Crippen molar-refractivity contribution < 1.29 is 13.6 Å². The first kappa shape index (κ1) is 16.2. The Morgan fingerprint density at radius 1 is 1.22 bits per heavy atom. The lowest BCUT2D eigenvalue weighted by molar-refractivity contribution is -0.118. The van der Waals surface area contributed by atoms with Crippen LogP contribution in [0, 0.1) is 0 Å². The summed E-state index contributed by atoms with van der Waals surface area (Å²) in [4.78, 5) is 14.4. The minimum Gasteiger partial charge on any atom is -0.371 e. The Balaban J connectivity index is 1.64. The van der Waals surface area contributed by atoms with Gasteiger partial charge in [0.15, 0.2) is 0 Å². The molecule has 126 valence electrons. The van der Waals surface area contributed by atoms with Gasteiger partial charge in [-0.05, 0) is 31.0 Å². The number of rotatable bonds is 3. The van der Waals surface area contributed by atoms with E-state index in [4.69, 9.17) is 0 Å². The monoisotopic (exact) mass is 323 g/mol. The first-order chi connectivity index (χ1) is 11.0. The Bertz CT molecular complexity index is 557. The number of anilines is 2. The van der Waals surface area contributed by atoms with Gasteiger partial charge in [0.2, 0.25) is 5.91 Å². The summed E-state index contributed by atoms with van der Waals surface area (Å²) in [6, 6.07) is 6.82. The molecule has 0 aliphatic carbocycles. The maximum absolute atomic E-state index is 13.2. The highest BCUT2D eigenvalue weighted by Gasteiger charge is 2.42. The second-order valence-corrected chi connectivity index (χ2v) is 6.43. The topological polar surface area (TPSA) is 44.4 Å². The molecule has 2 heterocycles. The number of benzene rings is 1. The van der Waals surface area contributed by atoms with Gasteiger partial charge >= 0.3 is 0 Å². The highest BCUT2D eigenvalue weighted by molar-refractivity contribution is 5.95. The summed E-state index contributed by atoms with van der Waals surface area (Å²) in [7, 11) is 0. The van der Waals surface area contributed by atoms with Crippen LogP contribution in [0.2, 0.25) is 0 Å². The summed E-state index contributed by atoms with van der Waals surface area (Å²) in [6.07, 6.45) is 4.43. The molecular formula is C17H23F2N3O. The van der Waals surface area contributed by atoms with Gasteiger partial charge in [0.05, 0.1) is 12.6 Å². The number of carbonyl (C=O) groups excluding carboxylic acids is 1. The van der Waals surface area contributed by atoms with Crippen molar-refractivity contribution in [3.8, 4) is 0 Å². The van der Waals surface area contributed by atoms with Crippen LogP contribution in [0.25, 0.3) is 0 Å². The molecule has 0 spiro atoms. The average Bonchev–Trinajstić information content (AvgIpc) is 2.74. The van der Waals surface area contributed by atoms with Crippen molar-refractivity contribution in [2.75, 3.05) is 29.9 Å². The lowest BCUT2D eigenvalue weighted by atomic mass is 10.1. The first-order valence-corrected chi connectivity index (χ1v) is 8.31. The number of halogens is 2. The maximum atomic E-state index is 13.2. The minimum absolute atomic E-state index is 0.393. The van der Waals surface area contributed by atoms with Gasteiger partial charge in [-0.15, -0.1) is 0 Å². The van der Waals surface area contributed by atoms with E-state index in [9.17, 15) is 13.6 Å². The molecule has 1 aromatic rings. The van der Waals surface area contributed by atoms with Gasteiger partial charge in [0, 0.05) is 30.9 Å². The van der Waals surface area contributed by atoms with E-state index in [0.717, 1.165) is 18.8 Å². The summed E-state index contributed by atoms with van der Waals surface area (Å²) >= 11 is 0. The van der Waals surface area contributed by atoms with Crippen LogP contribution in [0.1, 0.15) is 32.1 Å². The first-order valence-electron chi connectivity index (χ1n) is 8.31. The highest BCUT2D eigenvalue weighted by Crippen LogP contribution is 2.27. The van der Waals surface area contributed by atoms with E-state index in [1.807, 2.05) is 18.2 Å². The van der Waals surface area contributed by atoms with Crippen molar-refractivity contribution in [2.45, 2.75) is 44.1 Å². The molecule has 0 radical (unpaired) electrons. The Labute approximate surface area is 135 Å². The summed E-state index contributed by atoms with van der Waals surface area (Å²) in [6.45, 7) is 1.61. The van der Waals surface area contributed by atoms with Gasteiger partial charge in [-0.25, -0.2) is 8.78 Å². The predicted molar refractivity (Wildman–Crippen MR) is 87.1 cm³/mol. The fourth-order valence-corrected chi connectivity index (χ4v) is 3.24. The lowest BCUT2D eigenvalue weighted by Crippen LogP contribution is -2.35. The fourth-order valence-electron chi connectivity index (χ4n) is 3.24. The molecule has 6 heteroatoms. The van der Waals surface area contributed by atoms with Crippen LogP contribution in [0.4, 0.5) is 20.2 Å². The van der Waals surface area contributed by atoms with E-state index in [0.29, 0.717) is 5.69 Å². The number of hydrogen-bond donors (Lipinski definition) is 2. The minimum atomic E-state index is -2.80. The van der Waals surface area contributed by atoms with Crippen molar-refractivity contribution in [3.63, 3.8) is 0 Å². The van der Waals surface area contributed by atoms with E-state index >= 15 is 0 Å². The molecule has 2 N–H and O–H groups in total. The number of alkyl halides is 2. The number of carbonyl (C=O) groups is 1. The van der Waals surface area contributed by atoms with E-state index in [-0.39, 0.29) is 0 Å². The summed E-state index contributed by atoms with van der Waals surface area (Å²) in [5.74, 6) is -3.19. The van der Waals surface area contributed by atoms with Gasteiger partial charge in [-0.2, -0.15) is 0 Å².